The van der Waals surface area contributed by atoms with Crippen LogP contribution < -0.4 is 4.90 Å². The number of carbonyl (C=O) groups excluding carboxylic acids is 2. The van der Waals surface area contributed by atoms with Crippen molar-refractivity contribution in [1.82, 2.24) is 9.80 Å². The molecule has 1 saturated heterocycles. The molecule has 2 aliphatic heterocycles. The monoisotopic (exact) mass is 407 g/mol. The zero-order valence-corrected chi connectivity index (χ0v) is 16.9. The molecule has 1 aromatic rings. The van der Waals surface area contributed by atoms with Gasteiger partial charge in [0.2, 0.25) is 0 Å². The number of carboxylic acids is 1. The van der Waals surface area contributed by atoms with Gasteiger partial charge in [-0.05, 0) is 44.9 Å². The lowest BCUT2D eigenvalue weighted by molar-refractivity contribution is -0.137. The number of nitrogens with zero attached hydrogens (tertiary/aromatic N) is 3. The Morgan fingerprint density at radius 3 is 2.38 bits per heavy atom. The van der Waals surface area contributed by atoms with E-state index in [1.54, 1.807) is 30.6 Å². The minimum Gasteiger partial charge on any atom is -0.480 e. The zero-order chi connectivity index (χ0) is 21.3. The molecule has 0 unspecified atom stereocenters. The molecular weight excluding hydrogens is 381 g/mol. The molecule has 158 valence electrons. The van der Waals surface area contributed by atoms with Crippen molar-refractivity contribution in [3.63, 3.8) is 0 Å². The van der Waals surface area contributed by atoms with E-state index >= 15 is 0 Å². The maximum absolute atomic E-state index is 14.7. The van der Waals surface area contributed by atoms with Gasteiger partial charge >= 0.3 is 12.1 Å². The number of carbonyl (C=O) groups is 3. The average molecular weight is 407 g/mol. The van der Waals surface area contributed by atoms with Crippen molar-refractivity contribution in [2.24, 2.45) is 0 Å². The quantitative estimate of drug-likeness (QED) is 0.824. The van der Waals surface area contributed by atoms with E-state index in [0.717, 1.165) is 0 Å². The van der Waals surface area contributed by atoms with Gasteiger partial charge in [0.25, 0.3) is 5.91 Å². The Hall–Kier alpha value is -2.84. The number of fused-ring (bicyclic) bond motifs is 1. The van der Waals surface area contributed by atoms with E-state index in [-0.39, 0.29) is 18.8 Å². The number of benzene rings is 1. The lowest BCUT2D eigenvalue weighted by Crippen LogP contribution is -2.50. The number of anilines is 1. The van der Waals surface area contributed by atoms with Crippen LogP contribution in [0.15, 0.2) is 12.1 Å². The minimum absolute atomic E-state index is 0.255. The number of ether oxygens (including phenoxy) is 1. The summed E-state index contributed by atoms with van der Waals surface area (Å²) in [4.78, 5) is 40.4. The molecule has 1 aromatic carbocycles. The topological polar surface area (TPSA) is 90.4 Å². The molecule has 1 fully saturated rings. The lowest BCUT2D eigenvalue weighted by atomic mass is 9.97. The van der Waals surface area contributed by atoms with Crippen molar-refractivity contribution in [1.29, 1.82) is 0 Å². The van der Waals surface area contributed by atoms with Crippen molar-refractivity contribution in [3.05, 3.63) is 29.1 Å². The normalized spacial score (nSPS) is 17.2. The molecule has 29 heavy (non-hydrogen) atoms. The molecule has 0 aromatic heterocycles. The minimum atomic E-state index is -1.08. The maximum Gasteiger partial charge on any atom is 0.410 e. The summed E-state index contributed by atoms with van der Waals surface area (Å²) in [5, 5.41) is 8.97. The molecule has 0 spiro atoms. The van der Waals surface area contributed by atoms with Crippen molar-refractivity contribution >= 4 is 23.7 Å². The first-order chi connectivity index (χ1) is 13.5. The molecule has 2 heterocycles. The highest BCUT2D eigenvalue weighted by Crippen LogP contribution is 2.29. The van der Waals surface area contributed by atoms with Crippen LogP contribution >= 0.6 is 0 Å². The van der Waals surface area contributed by atoms with Crippen LogP contribution in [0, 0.1) is 5.82 Å². The van der Waals surface area contributed by atoms with Crippen LogP contribution in [0.3, 0.4) is 0 Å². The van der Waals surface area contributed by atoms with Gasteiger partial charge in [-0.2, -0.15) is 0 Å². The van der Waals surface area contributed by atoms with Crippen LogP contribution in [0.5, 0.6) is 0 Å². The summed E-state index contributed by atoms with van der Waals surface area (Å²) < 4.78 is 20.1. The summed E-state index contributed by atoms with van der Waals surface area (Å²) in [5.41, 5.74) is 0.632. The van der Waals surface area contributed by atoms with Gasteiger partial charge in [-0.3, -0.25) is 9.59 Å². The SMILES string of the molecule is CC(C)(C)OC(=O)N1CCN(c2cc3c(cc2F)CCN(CC(=O)O)C3=O)CC1. The number of amides is 2. The summed E-state index contributed by atoms with van der Waals surface area (Å²) in [7, 11) is 0. The standard InChI is InChI=1S/C20H26FN3O5/c1-20(2,3)29-19(28)23-8-6-22(7-9-23)16-11-14-13(10-15(16)21)4-5-24(18(14)27)12-17(25)26/h10-11H,4-9,12H2,1-3H3,(H,25,26). The molecule has 0 saturated carbocycles. The van der Waals surface area contributed by atoms with Crippen LogP contribution in [-0.4, -0.2) is 77.7 Å². The Morgan fingerprint density at radius 1 is 1.14 bits per heavy atom. The fourth-order valence-electron chi connectivity index (χ4n) is 3.55. The third kappa shape index (κ3) is 4.78. The molecule has 3 rings (SSSR count). The second-order valence-electron chi connectivity index (χ2n) is 8.29. The molecule has 1 N–H and O–H groups in total. The molecule has 8 nitrogen and oxygen atoms in total. The first-order valence-corrected chi connectivity index (χ1v) is 9.61. The number of piperazine rings is 1. The Morgan fingerprint density at radius 2 is 1.79 bits per heavy atom. The van der Waals surface area contributed by atoms with Gasteiger partial charge in [0.05, 0.1) is 5.69 Å². The van der Waals surface area contributed by atoms with E-state index in [1.165, 1.54) is 17.0 Å². The van der Waals surface area contributed by atoms with Crippen LogP contribution in [-0.2, 0) is 16.0 Å². The summed E-state index contributed by atoms with van der Waals surface area (Å²) in [5.74, 6) is -1.90. The van der Waals surface area contributed by atoms with Gasteiger partial charge < -0.3 is 24.5 Å². The Bertz CT molecular complexity index is 828. The molecule has 9 heteroatoms. The second kappa shape index (κ2) is 7.88. The van der Waals surface area contributed by atoms with Crippen LogP contribution in [0.1, 0.15) is 36.7 Å². The number of carboxylic acid groups (broad SMARTS) is 1. The zero-order valence-electron chi connectivity index (χ0n) is 16.9. The maximum atomic E-state index is 14.7. The molecule has 2 aliphatic rings. The number of hydrogen-bond acceptors (Lipinski definition) is 5. The largest absolute Gasteiger partial charge is 0.480 e. The summed E-state index contributed by atoms with van der Waals surface area (Å²) in [6.45, 7) is 6.85. The van der Waals surface area contributed by atoms with Gasteiger partial charge in [0.15, 0.2) is 0 Å². The predicted octanol–water partition coefficient (Wildman–Crippen LogP) is 1.97. The number of aliphatic carboxylic acids is 1. The Labute approximate surface area is 168 Å². The van der Waals surface area contributed by atoms with Crippen LogP contribution in [0.2, 0.25) is 0 Å². The third-order valence-corrected chi connectivity index (χ3v) is 4.94. The van der Waals surface area contributed by atoms with Crippen molar-refractivity contribution in [2.45, 2.75) is 32.8 Å². The van der Waals surface area contributed by atoms with Crippen LogP contribution in [0.4, 0.5) is 14.9 Å². The average Bonchev–Trinajstić information content (AvgIpc) is 2.62. The van der Waals surface area contributed by atoms with Gasteiger partial charge in [-0.1, -0.05) is 0 Å². The first-order valence-electron chi connectivity index (χ1n) is 9.61. The first kappa shape index (κ1) is 20.9. The van der Waals surface area contributed by atoms with Gasteiger partial charge in [-0.15, -0.1) is 0 Å². The van der Waals surface area contributed by atoms with Crippen molar-refractivity contribution in [2.75, 3.05) is 44.2 Å². The fraction of sp³-hybridized carbons (Fsp3) is 0.550. The third-order valence-electron chi connectivity index (χ3n) is 4.94. The molecule has 0 aliphatic carbocycles. The van der Waals surface area contributed by atoms with E-state index < -0.39 is 29.4 Å². The number of rotatable bonds is 3. The molecule has 0 bridgehead atoms. The molecular formula is C20H26FN3O5. The summed E-state index contributed by atoms with van der Waals surface area (Å²) in [6, 6.07) is 2.87. The highest BCUT2D eigenvalue weighted by atomic mass is 19.1. The fourth-order valence-corrected chi connectivity index (χ4v) is 3.55. The predicted molar refractivity (Wildman–Crippen MR) is 104 cm³/mol. The van der Waals surface area contributed by atoms with Crippen molar-refractivity contribution < 1.29 is 28.6 Å². The summed E-state index contributed by atoms with van der Waals surface area (Å²) in [6.07, 6.45) is 0.0142. The Kier molecular flexibility index (Phi) is 5.68. The highest BCUT2D eigenvalue weighted by Gasteiger charge is 2.30. The van der Waals surface area contributed by atoms with E-state index in [1.807, 2.05) is 0 Å². The number of hydrogen-bond donors (Lipinski definition) is 1. The van der Waals surface area contributed by atoms with E-state index in [2.05, 4.69) is 0 Å². The van der Waals surface area contributed by atoms with E-state index in [0.29, 0.717) is 43.7 Å². The van der Waals surface area contributed by atoms with Crippen LogP contribution in [0.25, 0.3) is 0 Å². The van der Waals surface area contributed by atoms with E-state index in [9.17, 15) is 18.8 Å². The summed E-state index contributed by atoms with van der Waals surface area (Å²) >= 11 is 0. The van der Waals surface area contributed by atoms with Gasteiger partial charge in [0, 0.05) is 38.3 Å². The van der Waals surface area contributed by atoms with E-state index in [4.69, 9.17) is 9.84 Å². The molecule has 0 radical (unpaired) electrons. The molecule has 0 atom stereocenters. The second-order valence-corrected chi connectivity index (χ2v) is 8.29. The van der Waals surface area contributed by atoms with Crippen molar-refractivity contribution in [3.8, 4) is 0 Å². The molecule has 2 amide bonds. The lowest BCUT2D eigenvalue weighted by Gasteiger charge is -2.37. The van der Waals surface area contributed by atoms with Gasteiger partial charge in [-0.25, -0.2) is 9.18 Å². The highest BCUT2D eigenvalue weighted by molar-refractivity contribution is 5.99. The Balaban J connectivity index is 1.73. The van der Waals surface area contributed by atoms with Gasteiger partial charge in [0.1, 0.15) is 18.0 Å². The number of halogens is 1. The smallest absolute Gasteiger partial charge is 0.410 e.